The van der Waals surface area contributed by atoms with Crippen molar-refractivity contribution in [2.75, 3.05) is 6.54 Å². The number of amides is 1. The van der Waals surface area contributed by atoms with Gasteiger partial charge in [-0.3, -0.25) is 10.1 Å². The number of hydrogen-bond donors (Lipinski definition) is 2. The molecule has 1 saturated carbocycles. The maximum absolute atomic E-state index is 11.8. The molecule has 1 aliphatic rings. The molecule has 0 heterocycles. The van der Waals surface area contributed by atoms with Crippen molar-refractivity contribution in [2.24, 2.45) is 5.92 Å². The molecule has 0 saturated heterocycles. The minimum Gasteiger partial charge on any atom is -0.355 e. The van der Waals surface area contributed by atoms with Crippen LogP contribution in [0.2, 0.25) is 5.02 Å². The second kappa shape index (κ2) is 6.40. The lowest BCUT2D eigenvalue weighted by molar-refractivity contribution is -0.122. The van der Waals surface area contributed by atoms with E-state index in [2.05, 4.69) is 10.6 Å². The monoisotopic (exact) mass is 280 g/mol. The molecule has 3 nitrogen and oxygen atoms in total. The Morgan fingerprint density at radius 2 is 2.00 bits per heavy atom. The predicted octanol–water partition coefficient (Wildman–Crippen LogP) is 2.91. The van der Waals surface area contributed by atoms with Gasteiger partial charge in [-0.2, -0.15) is 0 Å². The number of nitrogens with one attached hydrogen (secondary N) is 2. The molecule has 1 fully saturated rings. The van der Waals surface area contributed by atoms with Crippen LogP contribution >= 0.6 is 11.6 Å². The minimum absolute atomic E-state index is 0.0575. The standard InChI is InChI=1S/C15H21ClN2O/c1-3-17-15(19)10(2)18-14(11-4-5-11)12-6-8-13(16)9-7-12/h6-11,14,18H,3-5H2,1-2H3,(H,17,19). The highest BCUT2D eigenvalue weighted by Gasteiger charge is 2.33. The topological polar surface area (TPSA) is 41.1 Å². The van der Waals surface area contributed by atoms with Crippen LogP contribution in [0.1, 0.15) is 38.3 Å². The van der Waals surface area contributed by atoms with E-state index in [1.165, 1.54) is 18.4 Å². The molecule has 0 aliphatic heterocycles. The van der Waals surface area contributed by atoms with Crippen molar-refractivity contribution < 1.29 is 4.79 Å². The minimum atomic E-state index is -0.179. The molecule has 0 spiro atoms. The van der Waals surface area contributed by atoms with Gasteiger partial charge in [0.15, 0.2) is 0 Å². The van der Waals surface area contributed by atoms with Crippen LogP contribution in [0.5, 0.6) is 0 Å². The highest BCUT2D eigenvalue weighted by Crippen LogP contribution is 2.41. The first kappa shape index (κ1) is 14.4. The number of benzene rings is 1. The maximum atomic E-state index is 11.8. The fraction of sp³-hybridized carbons (Fsp3) is 0.533. The van der Waals surface area contributed by atoms with Gasteiger partial charge >= 0.3 is 0 Å². The van der Waals surface area contributed by atoms with E-state index in [-0.39, 0.29) is 18.0 Å². The van der Waals surface area contributed by atoms with Crippen LogP contribution in [0.4, 0.5) is 0 Å². The second-order valence-corrected chi connectivity index (χ2v) is 5.59. The third-order valence-electron chi connectivity index (χ3n) is 3.50. The van der Waals surface area contributed by atoms with Crippen LogP contribution in [-0.2, 0) is 4.79 Å². The summed E-state index contributed by atoms with van der Waals surface area (Å²) in [7, 11) is 0. The third-order valence-corrected chi connectivity index (χ3v) is 3.75. The highest BCUT2D eigenvalue weighted by molar-refractivity contribution is 6.30. The fourth-order valence-corrected chi connectivity index (χ4v) is 2.40. The van der Waals surface area contributed by atoms with Crippen LogP contribution in [0, 0.1) is 5.92 Å². The molecule has 2 rings (SSSR count). The third kappa shape index (κ3) is 3.95. The van der Waals surface area contributed by atoms with E-state index in [0.717, 1.165) is 5.02 Å². The number of rotatable bonds is 6. The summed E-state index contributed by atoms with van der Waals surface area (Å²) < 4.78 is 0. The van der Waals surface area contributed by atoms with E-state index in [0.29, 0.717) is 12.5 Å². The van der Waals surface area contributed by atoms with Gasteiger partial charge in [-0.1, -0.05) is 23.7 Å². The van der Waals surface area contributed by atoms with Crippen molar-refractivity contribution in [1.82, 2.24) is 10.6 Å². The molecule has 4 heteroatoms. The predicted molar refractivity (Wildman–Crippen MR) is 78.2 cm³/mol. The van der Waals surface area contributed by atoms with Gasteiger partial charge in [0.05, 0.1) is 6.04 Å². The first-order valence-electron chi connectivity index (χ1n) is 6.91. The SMILES string of the molecule is CCNC(=O)C(C)NC(c1ccc(Cl)cc1)C1CC1. The second-order valence-electron chi connectivity index (χ2n) is 5.15. The molecule has 0 aromatic heterocycles. The van der Waals surface area contributed by atoms with Crippen molar-refractivity contribution in [3.8, 4) is 0 Å². The number of carbonyl (C=O) groups is 1. The Balaban J connectivity index is 2.04. The summed E-state index contributed by atoms with van der Waals surface area (Å²) in [5.41, 5.74) is 1.21. The van der Waals surface area contributed by atoms with Crippen LogP contribution < -0.4 is 10.6 Å². The van der Waals surface area contributed by atoms with Gasteiger partial charge in [-0.05, 0) is 50.3 Å². The average Bonchev–Trinajstić information content (AvgIpc) is 3.21. The Labute approximate surface area is 119 Å². The van der Waals surface area contributed by atoms with E-state index >= 15 is 0 Å². The van der Waals surface area contributed by atoms with Crippen LogP contribution in [0.3, 0.4) is 0 Å². The zero-order valence-corrected chi connectivity index (χ0v) is 12.2. The van der Waals surface area contributed by atoms with Gasteiger partial charge in [0.1, 0.15) is 0 Å². The van der Waals surface area contributed by atoms with Gasteiger partial charge < -0.3 is 5.32 Å². The quantitative estimate of drug-likeness (QED) is 0.841. The summed E-state index contributed by atoms with van der Waals surface area (Å²) in [5, 5.41) is 7.04. The number of carbonyl (C=O) groups excluding carboxylic acids is 1. The molecule has 2 N–H and O–H groups in total. The van der Waals surface area contributed by atoms with Crippen molar-refractivity contribution in [2.45, 2.75) is 38.8 Å². The average molecular weight is 281 g/mol. The molecule has 1 aliphatic carbocycles. The lowest BCUT2D eigenvalue weighted by atomic mass is 10.0. The fourth-order valence-electron chi connectivity index (χ4n) is 2.28. The lowest BCUT2D eigenvalue weighted by Gasteiger charge is -2.23. The van der Waals surface area contributed by atoms with Crippen LogP contribution in [-0.4, -0.2) is 18.5 Å². The van der Waals surface area contributed by atoms with Crippen molar-refractivity contribution in [3.63, 3.8) is 0 Å². The summed E-state index contributed by atoms with van der Waals surface area (Å²) in [6, 6.07) is 7.97. The van der Waals surface area contributed by atoms with Gasteiger partial charge in [-0.15, -0.1) is 0 Å². The normalized spacial score (nSPS) is 17.8. The molecule has 0 bridgehead atoms. The largest absolute Gasteiger partial charge is 0.355 e. The molecule has 1 aromatic rings. The Bertz CT molecular complexity index is 428. The molecular weight excluding hydrogens is 260 g/mol. The Hall–Kier alpha value is -1.06. The molecule has 104 valence electrons. The van der Waals surface area contributed by atoms with E-state index < -0.39 is 0 Å². The van der Waals surface area contributed by atoms with Crippen molar-refractivity contribution >= 4 is 17.5 Å². The van der Waals surface area contributed by atoms with Gasteiger partial charge in [0.2, 0.25) is 5.91 Å². The molecular formula is C15H21ClN2O. The Kier molecular flexibility index (Phi) is 4.83. The Morgan fingerprint density at radius 3 is 2.53 bits per heavy atom. The number of likely N-dealkylation sites (N-methyl/N-ethyl adjacent to an activating group) is 1. The van der Waals surface area contributed by atoms with Crippen molar-refractivity contribution in [1.29, 1.82) is 0 Å². The van der Waals surface area contributed by atoms with Gasteiger partial charge in [-0.25, -0.2) is 0 Å². The first-order valence-corrected chi connectivity index (χ1v) is 7.28. The smallest absolute Gasteiger partial charge is 0.236 e. The summed E-state index contributed by atoms with van der Waals surface area (Å²) in [5.74, 6) is 0.695. The van der Waals surface area contributed by atoms with Crippen molar-refractivity contribution in [3.05, 3.63) is 34.9 Å². The molecule has 1 amide bonds. The molecule has 2 unspecified atom stereocenters. The zero-order chi connectivity index (χ0) is 13.8. The van der Waals surface area contributed by atoms with E-state index in [9.17, 15) is 4.79 Å². The first-order chi connectivity index (χ1) is 9.11. The van der Waals surface area contributed by atoms with E-state index in [1.807, 2.05) is 38.1 Å². The molecule has 1 aromatic carbocycles. The molecule has 0 radical (unpaired) electrons. The van der Waals surface area contributed by atoms with Crippen LogP contribution in [0.15, 0.2) is 24.3 Å². The lowest BCUT2D eigenvalue weighted by Crippen LogP contribution is -2.44. The zero-order valence-electron chi connectivity index (χ0n) is 11.4. The summed E-state index contributed by atoms with van der Waals surface area (Å²) in [4.78, 5) is 11.8. The van der Waals surface area contributed by atoms with Gasteiger partial charge in [0, 0.05) is 17.6 Å². The number of hydrogen-bond acceptors (Lipinski definition) is 2. The molecule has 19 heavy (non-hydrogen) atoms. The van der Waals surface area contributed by atoms with Crippen LogP contribution in [0.25, 0.3) is 0 Å². The Morgan fingerprint density at radius 1 is 1.37 bits per heavy atom. The summed E-state index contributed by atoms with van der Waals surface area (Å²) >= 11 is 5.92. The summed E-state index contributed by atoms with van der Waals surface area (Å²) in [6.07, 6.45) is 2.45. The number of halogens is 1. The van der Waals surface area contributed by atoms with Gasteiger partial charge in [0.25, 0.3) is 0 Å². The maximum Gasteiger partial charge on any atom is 0.236 e. The van der Waals surface area contributed by atoms with E-state index in [1.54, 1.807) is 0 Å². The summed E-state index contributed by atoms with van der Waals surface area (Å²) in [6.45, 7) is 4.51. The van der Waals surface area contributed by atoms with E-state index in [4.69, 9.17) is 11.6 Å². The molecule has 2 atom stereocenters. The highest BCUT2D eigenvalue weighted by atomic mass is 35.5.